The van der Waals surface area contributed by atoms with Gasteiger partial charge < -0.3 is 11.1 Å². The van der Waals surface area contributed by atoms with Crippen molar-refractivity contribution < 1.29 is 9.18 Å². The summed E-state index contributed by atoms with van der Waals surface area (Å²) in [6, 6.07) is 13.9. The summed E-state index contributed by atoms with van der Waals surface area (Å²) in [6.07, 6.45) is 2.42. The quantitative estimate of drug-likeness (QED) is 0.825. The Bertz CT molecular complexity index is 666. The van der Waals surface area contributed by atoms with Crippen LogP contribution in [0.25, 0.3) is 0 Å². The minimum atomic E-state index is -0.450. The van der Waals surface area contributed by atoms with Gasteiger partial charge >= 0.3 is 0 Å². The van der Waals surface area contributed by atoms with Crippen LogP contribution in [0.5, 0.6) is 0 Å². The topological polar surface area (TPSA) is 55.1 Å². The molecule has 122 valence electrons. The maximum atomic E-state index is 13.0. The maximum absolute atomic E-state index is 13.0. The standard InChI is InChI=1S/C18H19FN2O.ClH/c19-15-5-3-14(4-6-15)18(10-11-18)17(22)21-12-9-13-1-7-16(20)8-2-13;/h1-8H,9-12,20H2,(H,21,22);1H. The zero-order valence-electron chi connectivity index (χ0n) is 12.7. The van der Waals surface area contributed by atoms with E-state index in [1.54, 1.807) is 12.1 Å². The third kappa shape index (κ3) is 3.82. The number of benzene rings is 2. The Morgan fingerprint density at radius 1 is 1.09 bits per heavy atom. The molecule has 1 aliphatic rings. The average Bonchev–Trinajstić information content (AvgIpc) is 3.32. The van der Waals surface area contributed by atoms with Crippen LogP contribution in [0.2, 0.25) is 0 Å². The predicted octanol–water partition coefficient (Wildman–Crippen LogP) is 3.22. The van der Waals surface area contributed by atoms with Gasteiger partial charge in [-0.15, -0.1) is 12.4 Å². The molecular weight excluding hydrogens is 315 g/mol. The molecule has 0 aliphatic heterocycles. The van der Waals surface area contributed by atoms with Crippen LogP contribution in [0.15, 0.2) is 48.5 Å². The SMILES string of the molecule is Cl.Nc1ccc(CCNC(=O)C2(c3ccc(F)cc3)CC2)cc1. The van der Waals surface area contributed by atoms with Gasteiger partial charge in [0.15, 0.2) is 0 Å². The molecule has 0 heterocycles. The first-order chi connectivity index (χ1) is 10.6. The third-order valence-corrected chi connectivity index (χ3v) is 4.26. The van der Waals surface area contributed by atoms with Crippen LogP contribution in [0.3, 0.4) is 0 Å². The van der Waals surface area contributed by atoms with Crippen LogP contribution >= 0.6 is 12.4 Å². The number of carbonyl (C=O) groups is 1. The summed E-state index contributed by atoms with van der Waals surface area (Å²) in [5.74, 6) is -0.238. The molecule has 0 unspecified atom stereocenters. The highest BCUT2D eigenvalue weighted by Crippen LogP contribution is 2.48. The van der Waals surface area contributed by atoms with Crippen LogP contribution in [-0.2, 0) is 16.6 Å². The van der Waals surface area contributed by atoms with E-state index in [4.69, 9.17) is 5.73 Å². The molecule has 1 saturated carbocycles. The van der Waals surface area contributed by atoms with E-state index in [1.165, 1.54) is 12.1 Å². The number of halogens is 2. The van der Waals surface area contributed by atoms with Crippen LogP contribution in [0, 0.1) is 5.82 Å². The highest BCUT2D eigenvalue weighted by Gasteiger charge is 2.50. The first kappa shape index (κ1) is 17.3. The van der Waals surface area contributed by atoms with Gasteiger partial charge in [-0.1, -0.05) is 24.3 Å². The second kappa shape index (κ2) is 7.01. The molecule has 0 bridgehead atoms. The fourth-order valence-corrected chi connectivity index (χ4v) is 2.71. The lowest BCUT2D eigenvalue weighted by Crippen LogP contribution is -2.35. The number of hydrogen-bond donors (Lipinski definition) is 2. The molecular formula is C18H20ClFN2O. The van der Waals surface area contributed by atoms with Crippen molar-refractivity contribution in [1.82, 2.24) is 5.32 Å². The number of hydrogen-bond acceptors (Lipinski definition) is 2. The van der Waals surface area contributed by atoms with E-state index in [-0.39, 0.29) is 24.1 Å². The summed E-state index contributed by atoms with van der Waals surface area (Å²) in [5, 5.41) is 3.00. The fourth-order valence-electron chi connectivity index (χ4n) is 2.71. The summed E-state index contributed by atoms with van der Waals surface area (Å²) in [6.45, 7) is 0.589. The molecule has 3 nitrogen and oxygen atoms in total. The number of anilines is 1. The average molecular weight is 335 g/mol. The van der Waals surface area contributed by atoms with Crippen LogP contribution in [-0.4, -0.2) is 12.5 Å². The Hall–Kier alpha value is -2.07. The second-order valence-corrected chi connectivity index (χ2v) is 5.84. The van der Waals surface area contributed by atoms with Crippen molar-refractivity contribution in [1.29, 1.82) is 0 Å². The number of amides is 1. The van der Waals surface area contributed by atoms with Crippen molar-refractivity contribution in [2.75, 3.05) is 12.3 Å². The lowest BCUT2D eigenvalue weighted by molar-refractivity contribution is -0.123. The summed E-state index contributed by atoms with van der Waals surface area (Å²) in [5.41, 5.74) is 7.98. The van der Waals surface area contributed by atoms with E-state index in [9.17, 15) is 9.18 Å². The summed E-state index contributed by atoms with van der Waals surface area (Å²) >= 11 is 0. The Morgan fingerprint density at radius 3 is 2.26 bits per heavy atom. The monoisotopic (exact) mass is 334 g/mol. The molecule has 1 amide bonds. The normalized spacial score (nSPS) is 14.7. The Balaban J connectivity index is 0.00000192. The molecule has 23 heavy (non-hydrogen) atoms. The zero-order valence-corrected chi connectivity index (χ0v) is 13.5. The van der Waals surface area contributed by atoms with Crippen molar-refractivity contribution in [3.8, 4) is 0 Å². The minimum absolute atomic E-state index is 0. The van der Waals surface area contributed by atoms with E-state index in [2.05, 4.69) is 5.32 Å². The number of nitrogen functional groups attached to an aromatic ring is 1. The molecule has 0 atom stereocenters. The van der Waals surface area contributed by atoms with E-state index in [1.807, 2.05) is 24.3 Å². The molecule has 5 heteroatoms. The molecule has 0 aromatic heterocycles. The van der Waals surface area contributed by atoms with Gasteiger partial charge in [-0.05, 0) is 54.7 Å². The highest BCUT2D eigenvalue weighted by molar-refractivity contribution is 5.91. The smallest absolute Gasteiger partial charge is 0.230 e. The van der Waals surface area contributed by atoms with Crippen molar-refractivity contribution in [3.63, 3.8) is 0 Å². The Labute approximate surface area is 141 Å². The molecule has 1 fully saturated rings. The first-order valence-electron chi connectivity index (χ1n) is 7.49. The van der Waals surface area contributed by atoms with Crippen LogP contribution in [0.1, 0.15) is 24.0 Å². The molecule has 3 rings (SSSR count). The van der Waals surface area contributed by atoms with Gasteiger partial charge in [0.25, 0.3) is 0 Å². The lowest BCUT2D eigenvalue weighted by Gasteiger charge is -2.16. The number of nitrogens with one attached hydrogen (secondary N) is 1. The summed E-state index contributed by atoms with van der Waals surface area (Å²) in [4.78, 5) is 12.4. The number of nitrogens with two attached hydrogens (primary N) is 1. The maximum Gasteiger partial charge on any atom is 0.230 e. The lowest BCUT2D eigenvalue weighted by atomic mass is 9.95. The number of rotatable bonds is 5. The first-order valence-corrected chi connectivity index (χ1v) is 7.49. The van der Waals surface area contributed by atoms with Crippen molar-refractivity contribution >= 4 is 24.0 Å². The largest absolute Gasteiger partial charge is 0.399 e. The van der Waals surface area contributed by atoms with Gasteiger partial charge in [0.2, 0.25) is 5.91 Å². The van der Waals surface area contributed by atoms with Gasteiger partial charge in [-0.25, -0.2) is 4.39 Å². The Kier molecular flexibility index (Phi) is 5.26. The second-order valence-electron chi connectivity index (χ2n) is 5.84. The van der Waals surface area contributed by atoms with Gasteiger partial charge in [0.05, 0.1) is 5.41 Å². The van der Waals surface area contributed by atoms with Crippen LogP contribution < -0.4 is 11.1 Å². The summed E-state index contributed by atoms with van der Waals surface area (Å²) in [7, 11) is 0. The van der Waals surface area contributed by atoms with Gasteiger partial charge in [0.1, 0.15) is 5.82 Å². The van der Waals surface area contributed by atoms with Gasteiger partial charge in [0, 0.05) is 12.2 Å². The van der Waals surface area contributed by atoms with E-state index < -0.39 is 5.41 Å². The molecule has 0 spiro atoms. The number of carbonyl (C=O) groups excluding carboxylic acids is 1. The van der Waals surface area contributed by atoms with Crippen molar-refractivity contribution in [3.05, 3.63) is 65.5 Å². The van der Waals surface area contributed by atoms with Gasteiger partial charge in [-0.2, -0.15) is 0 Å². The van der Waals surface area contributed by atoms with E-state index >= 15 is 0 Å². The van der Waals surface area contributed by atoms with Crippen molar-refractivity contribution in [2.24, 2.45) is 0 Å². The van der Waals surface area contributed by atoms with Gasteiger partial charge in [-0.3, -0.25) is 4.79 Å². The molecule has 0 saturated heterocycles. The minimum Gasteiger partial charge on any atom is -0.399 e. The van der Waals surface area contributed by atoms with Crippen LogP contribution in [0.4, 0.5) is 10.1 Å². The molecule has 1 aliphatic carbocycles. The predicted molar refractivity (Wildman–Crippen MR) is 92.1 cm³/mol. The molecule has 2 aromatic carbocycles. The van der Waals surface area contributed by atoms with Crippen molar-refractivity contribution in [2.45, 2.75) is 24.7 Å². The Morgan fingerprint density at radius 2 is 1.70 bits per heavy atom. The summed E-state index contributed by atoms with van der Waals surface area (Å²) < 4.78 is 13.0. The molecule has 2 aromatic rings. The molecule has 0 radical (unpaired) electrons. The third-order valence-electron chi connectivity index (χ3n) is 4.26. The fraction of sp³-hybridized carbons (Fsp3) is 0.278. The molecule has 3 N–H and O–H groups in total. The van der Waals surface area contributed by atoms with E-state index in [0.717, 1.165) is 36.1 Å². The van der Waals surface area contributed by atoms with E-state index in [0.29, 0.717) is 6.54 Å². The zero-order chi connectivity index (χ0) is 15.6. The highest BCUT2D eigenvalue weighted by atomic mass is 35.5.